The van der Waals surface area contributed by atoms with Crippen LogP contribution in [-0.2, 0) is 13.2 Å². The minimum atomic E-state index is 0.119. The molecule has 0 saturated carbocycles. The Morgan fingerprint density at radius 1 is 0.962 bits per heavy atom. The molecule has 0 aliphatic rings. The van der Waals surface area contributed by atoms with E-state index in [1.165, 1.54) is 0 Å². The monoisotopic (exact) mass is 348 g/mol. The zero-order chi connectivity index (χ0) is 18.4. The van der Waals surface area contributed by atoms with Gasteiger partial charge >= 0.3 is 0 Å². The zero-order valence-electron chi connectivity index (χ0n) is 15.2. The summed E-state index contributed by atoms with van der Waals surface area (Å²) in [5.41, 5.74) is 10.1. The van der Waals surface area contributed by atoms with Crippen LogP contribution in [0.2, 0.25) is 0 Å². The molecule has 0 amide bonds. The summed E-state index contributed by atoms with van der Waals surface area (Å²) in [4.78, 5) is 4.41. The number of rotatable bonds is 7. The van der Waals surface area contributed by atoms with Crippen LogP contribution in [0, 0.1) is 0 Å². The van der Waals surface area contributed by atoms with Gasteiger partial charge in [0, 0.05) is 29.9 Å². The number of hydrogen-bond acceptors (Lipinski definition) is 4. The first-order chi connectivity index (χ1) is 12.7. The number of benzene rings is 2. The van der Waals surface area contributed by atoms with Crippen molar-refractivity contribution < 1.29 is 9.47 Å². The van der Waals surface area contributed by atoms with E-state index in [1.807, 2.05) is 74.6 Å². The van der Waals surface area contributed by atoms with Gasteiger partial charge in [0.25, 0.3) is 0 Å². The lowest BCUT2D eigenvalue weighted by molar-refractivity contribution is 0.240. The maximum Gasteiger partial charge on any atom is 0.213 e. The van der Waals surface area contributed by atoms with Crippen LogP contribution in [0.5, 0.6) is 11.6 Å². The van der Waals surface area contributed by atoms with Crippen LogP contribution in [0.4, 0.5) is 0 Å². The molecule has 4 heteroatoms. The molecule has 0 spiro atoms. The van der Waals surface area contributed by atoms with E-state index in [9.17, 15) is 0 Å². The molecule has 2 aromatic carbocycles. The molecule has 0 aliphatic heterocycles. The minimum Gasteiger partial charge on any atom is -0.491 e. The van der Waals surface area contributed by atoms with Gasteiger partial charge in [-0.15, -0.1) is 0 Å². The van der Waals surface area contributed by atoms with Crippen molar-refractivity contribution in [3.8, 4) is 22.8 Å². The molecule has 0 atom stereocenters. The Labute approximate surface area is 154 Å². The summed E-state index contributed by atoms with van der Waals surface area (Å²) >= 11 is 0. The Kier molecular flexibility index (Phi) is 5.87. The van der Waals surface area contributed by atoms with Gasteiger partial charge in [-0.25, -0.2) is 4.98 Å². The Morgan fingerprint density at radius 3 is 2.38 bits per heavy atom. The number of pyridine rings is 1. The molecule has 0 fully saturated rings. The van der Waals surface area contributed by atoms with E-state index in [-0.39, 0.29) is 6.10 Å². The molecule has 0 radical (unpaired) electrons. The quantitative estimate of drug-likeness (QED) is 0.679. The van der Waals surface area contributed by atoms with Crippen LogP contribution < -0.4 is 15.2 Å². The number of nitrogens with zero attached hydrogens (tertiary/aromatic N) is 1. The van der Waals surface area contributed by atoms with Crippen molar-refractivity contribution >= 4 is 0 Å². The van der Waals surface area contributed by atoms with Gasteiger partial charge in [0.15, 0.2) is 0 Å². The summed E-state index contributed by atoms with van der Waals surface area (Å²) in [7, 11) is 0. The van der Waals surface area contributed by atoms with Crippen molar-refractivity contribution in [2.75, 3.05) is 0 Å². The highest BCUT2D eigenvalue weighted by molar-refractivity contribution is 5.65. The van der Waals surface area contributed by atoms with E-state index in [4.69, 9.17) is 15.2 Å². The van der Waals surface area contributed by atoms with Crippen molar-refractivity contribution in [3.63, 3.8) is 0 Å². The number of ether oxygens (including phenoxy) is 2. The second-order valence-electron chi connectivity index (χ2n) is 6.35. The van der Waals surface area contributed by atoms with Gasteiger partial charge in [-0.05, 0) is 43.2 Å². The lowest BCUT2D eigenvalue weighted by Crippen LogP contribution is -2.09. The maximum absolute atomic E-state index is 5.88. The molecule has 0 unspecified atom stereocenters. The summed E-state index contributed by atoms with van der Waals surface area (Å²) < 4.78 is 11.5. The molecule has 0 saturated heterocycles. The van der Waals surface area contributed by atoms with E-state index in [0.717, 1.165) is 28.0 Å². The molecule has 26 heavy (non-hydrogen) atoms. The molecule has 134 valence electrons. The fourth-order valence-corrected chi connectivity index (χ4v) is 2.66. The smallest absolute Gasteiger partial charge is 0.213 e. The maximum atomic E-state index is 5.88. The first-order valence-electron chi connectivity index (χ1n) is 8.78. The first-order valence-corrected chi connectivity index (χ1v) is 8.78. The standard InChI is InChI=1S/C22H24N2O2/c1-16(2)26-21-10-8-18(12-20(21)13-23)19-9-11-22(24-14-19)25-15-17-6-4-3-5-7-17/h3-12,14,16H,13,15,23H2,1-2H3. The highest BCUT2D eigenvalue weighted by Gasteiger charge is 2.08. The van der Waals surface area contributed by atoms with Crippen LogP contribution in [-0.4, -0.2) is 11.1 Å². The predicted molar refractivity (Wildman–Crippen MR) is 104 cm³/mol. The molecule has 4 nitrogen and oxygen atoms in total. The van der Waals surface area contributed by atoms with Gasteiger partial charge in [-0.2, -0.15) is 0 Å². The SMILES string of the molecule is CC(C)Oc1ccc(-c2ccc(OCc3ccccc3)nc2)cc1CN. The molecule has 0 aliphatic carbocycles. The highest BCUT2D eigenvalue weighted by atomic mass is 16.5. The fraction of sp³-hybridized carbons (Fsp3) is 0.227. The number of nitrogens with two attached hydrogens (primary N) is 1. The summed E-state index contributed by atoms with van der Waals surface area (Å²) in [5.74, 6) is 1.44. The van der Waals surface area contributed by atoms with Crippen LogP contribution in [0.3, 0.4) is 0 Å². The van der Waals surface area contributed by atoms with E-state index >= 15 is 0 Å². The van der Waals surface area contributed by atoms with Crippen LogP contribution in [0.25, 0.3) is 11.1 Å². The van der Waals surface area contributed by atoms with Crippen LogP contribution in [0.1, 0.15) is 25.0 Å². The van der Waals surface area contributed by atoms with Crippen molar-refractivity contribution in [2.24, 2.45) is 5.73 Å². The molecule has 1 heterocycles. The normalized spacial score (nSPS) is 10.8. The third-order valence-electron chi connectivity index (χ3n) is 3.94. The van der Waals surface area contributed by atoms with Crippen molar-refractivity contribution in [1.29, 1.82) is 0 Å². The van der Waals surface area contributed by atoms with Gasteiger partial charge in [0.2, 0.25) is 5.88 Å². The second kappa shape index (κ2) is 8.50. The lowest BCUT2D eigenvalue weighted by Gasteiger charge is -2.15. The third-order valence-corrected chi connectivity index (χ3v) is 3.94. The van der Waals surface area contributed by atoms with Crippen molar-refractivity contribution in [1.82, 2.24) is 4.98 Å². The van der Waals surface area contributed by atoms with Gasteiger partial charge in [0.1, 0.15) is 12.4 Å². The minimum absolute atomic E-state index is 0.119. The molecule has 2 N–H and O–H groups in total. The first kappa shape index (κ1) is 18.0. The highest BCUT2D eigenvalue weighted by Crippen LogP contribution is 2.27. The van der Waals surface area contributed by atoms with Crippen LogP contribution >= 0.6 is 0 Å². The van der Waals surface area contributed by atoms with E-state index in [0.29, 0.717) is 19.0 Å². The van der Waals surface area contributed by atoms with Gasteiger partial charge in [0.05, 0.1) is 6.10 Å². The lowest BCUT2D eigenvalue weighted by atomic mass is 10.0. The van der Waals surface area contributed by atoms with Crippen molar-refractivity contribution in [2.45, 2.75) is 33.1 Å². The zero-order valence-corrected chi connectivity index (χ0v) is 15.2. The van der Waals surface area contributed by atoms with Crippen LogP contribution in [0.15, 0.2) is 66.9 Å². The Balaban J connectivity index is 1.71. The summed E-state index contributed by atoms with van der Waals surface area (Å²) in [6.07, 6.45) is 1.94. The second-order valence-corrected chi connectivity index (χ2v) is 6.35. The summed E-state index contributed by atoms with van der Waals surface area (Å²) in [6, 6.07) is 20.0. The molecule has 1 aromatic heterocycles. The number of aromatic nitrogens is 1. The Morgan fingerprint density at radius 2 is 1.73 bits per heavy atom. The van der Waals surface area contributed by atoms with Gasteiger partial charge in [-0.1, -0.05) is 36.4 Å². The fourth-order valence-electron chi connectivity index (χ4n) is 2.66. The molecular formula is C22H24N2O2. The largest absolute Gasteiger partial charge is 0.491 e. The molecule has 3 rings (SSSR count). The molecular weight excluding hydrogens is 324 g/mol. The van der Waals surface area contributed by atoms with E-state index in [1.54, 1.807) is 0 Å². The van der Waals surface area contributed by atoms with E-state index in [2.05, 4.69) is 11.1 Å². The summed E-state index contributed by atoms with van der Waals surface area (Å²) in [6.45, 7) is 4.95. The average Bonchev–Trinajstić information content (AvgIpc) is 2.67. The van der Waals surface area contributed by atoms with Gasteiger partial charge < -0.3 is 15.2 Å². The third kappa shape index (κ3) is 4.61. The van der Waals surface area contributed by atoms with Gasteiger partial charge in [-0.3, -0.25) is 0 Å². The number of hydrogen-bond donors (Lipinski definition) is 1. The Hall–Kier alpha value is -2.85. The topological polar surface area (TPSA) is 57.4 Å². The predicted octanol–water partition coefficient (Wildman–Crippen LogP) is 4.57. The average molecular weight is 348 g/mol. The molecule has 3 aromatic rings. The Bertz CT molecular complexity index is 831. The summed E-state index contributed by atoms with van der Waals surface area (Å²) in [5, 5.41) is 0. The van der Waals surface area contributed by atoms with E-state index < -0.39 is 0 Å². The van der Waals surface area contributed by atoms with Crippen molar-refractivity contribution in [3.05, 3.63) is 78.0 Å². The molecule has 0 bridgehead atoms.